The molecule has 0 spiro atoms. The number of nitro benzene ring substituents is 1. The van der Waals surface area contributed by atoms with Gasteiger partial charge in [0.25, 0.3) is 5.69 Å². The number of nitrogens with zero attached hydrogens (tertiary/aromatic N) is 5. The second-order valence-corrected chi connectivity index (χ2v) is 8.84. The first kappa shape index (κ1) is 18.2. The molecular weight excluding hydrogens is 412 g/mol. The van der Waals surface area contributed by atoms with E-state index in [-0.39, 0.29) is 10.6 Å². The SMILES string of the molecule is Cc1nccn1-c1nc(NCc2cccc([N+](=O)[O-])c2)c2c3c(sc2n1)C1CCC=C31. The average Bonchev–Trinajstić information content (AvgIpc) is 3.45. The highest BCUT2D eigenvalue weighted by Gasteiger charge is 2.39. The van der Waals surface area contributed by atoms with E-state index in [0.29, 0.717) is 18.4 Å². The molecule has 0 aliphatic heterocycles. The monoisotopic (exact) mass is 430 g/mol. The fourth-order valence-corrected chi connectivity index (χ4v) is 5.85. The van der Waals surface area contributed by atoms with Gasteiger partial charge in [0, 0.05) is 47.4 Å². The molecule has 9 heteroatoms. The normalized spacial score (nSPS) is 16.5. The van der Waals surface area contributed by atoms with Crippen molar-refractivity contribution in [2.45, 2.75) is 32.2 Å². The summed E-state index contributed by atoms with van der Waals surface area (Å²) in [6, 6.07) is 6.67. The second kappa shape index (κ2) is 6.71. The minimum absolute atomic E-state index is 0.0837. The Hall–Kier alpha value is -3.59. The topological polar surface area (TPSA) is 98.8 Å². The standard InChI is InChI=1S/C22H18N6O2S/c1-12-23-8-9-27(12)22-25-20(24-11-13-4-2-5-14(10-13)28(29)30)18-17-15-6-3-7-16(15)19(17)31-21(18)26-22/h2,4-6,8-10,16H,3,7,11H2,1H3,(H,24,25,26). The highest BCUT2D eigenvalue weighted by molar-refractivity contribution is 7.19. The van der Waals surface area contributed by atoms with Crippen molar-refractivity contribution in [1.82, 2.24) is 19.5 Å². The van der Waals surface area contributed by atoms with Crippen molar-refractivity contribution in [1.29, 1.82) is 0 Å². The summed E-state index contributed by atoms with van der Waals surface area (Å²) in [6.07, 6.45) is 8.21. The van der Waals surface area contributed by atoms with Crippen LogP contribution in [-0.2, 0) is 6.54 Å². The molecule has 0 radical (unpaired) electrons. The van der Waals surface area contributed by atoms with Crippen LogP contribution in [0.3, 0.4) is 0 Å². The van der Waals surface area contributed by atoms with Gasteiger partial charge in [-0.15, -0.1) is 11.3 Å². The highest BCUT2D eigenvalue weighted by Crippen LogP contribution is 2.59. The number of allylic oxidation sites excluding steroid dienone is 2. The van der Waals surface area contributed by atoms with Crippen molar-refractivity contribution in [3.05, 3.63) is 74.7 Å². The number of hydrogen-bond donors (Lipinski definition) is 1. The van der Waals surface area contributed by atoms with Gasteiger partial charge in [-0.3, -0.25) is 14.7 Å². The van der Waals surface area contributed by atoms with Crippen LogP contribution in [0.15, 0.2) is 42.7 Å². The van der Waals surface area contributed by atoms with Crippen molar-refractivity contribution in [3.8, 4) is 5.95 Å². The summed E-state index contributed by atoms with van der Waals surface area (Å²) < 4.78 is 1.87. The van der Waals surface area contributed by atoms with Gasteiger partial charge in [-0.2, -0.15) is 4.98 Å². The van der Waals surface area contributed by atoms with Gasteiger partial charge in [0.2, 0.25) is 5.95 Å². The van der Waals surface area contributed by atoms with Crippen molar-refractivity contribution in [2.75, 3.05) is 5.32 Å². The van der Waals surface area contributed by atoms with Gasteiger partial charge in [0.1, 0.15) is 16.5 Å². The first-order chi connectivity index (χ1) is 15.1. The molecule has 154 valence electrons. The molecule has 0 saturated carbocycles. The molecule has 1 atom stereocenters. The number of nitrogens with one attached hydrogen (secondary N) is 1. The molecule has 1 N–H and O–H groups in total. The van der Waals surface area contributed by atoms with Crippen LogP contribution in [0.5, 0.6) is 0 Å². The zero-order valence-electron chi connectivity index (χ0n) is 16.7. The van der Waals surface area contributed by atoms with Crippen LogP contribution in [0.25, 0.3) is 21.7 Å². The van der Waals surface area contributed by atoms with Crippen molar-refractivity contribution in [2.24, 2.45) is 0 Å². The highest BCUT2D eigenvalue weighted by atomic mass is 32.1. The number of rotatable bonds is 5. The number of non-ortho nitro benzene ring substituents is 1. The number of imidazole rings is 1. The maximum absolute atomic E-state index is 11.1. The van der Waals surface area contributed by atoms with Crippen LogP contribution >= 0.6 is 11.3 Å². The zero-order valence-corrected chi connectivity index (χ0v) is 17.5. The molecule has 0 bridgehead atoms. The lowest BCUT2D eigenvalue weighted by Crippen LogP contribution is -2.11. The number of benzene rings is 1. The molecular formula is C22H18N6O2S. The van der Waals surface area contributed by atoms with Crippen molar-refractivity contribution in [3.63, 3.8) is 0 Å². The Morgan fingerprint density at radius 1 is 1.35 bits per heavy atom. The first-order valence-electron chi connectivity index (χ1n) is 10.1. The minimum Gasteiger partial charge on any atom is -0.365 e. The van der Waals surface area contributed by atoms with E-state index >= 15 is 0 Å². The summed E-state index contributed by atoms with van der Waals surface area (Å²) >= 11 is 1.75. The van der Waals surface area contributed by atoms with Crippen LogP contribution < -0.4 is 5.32 Å². The van der Waals surface area contributed by atoms with Crippen LogP contribution in [0.1, 0.15) is 40.6 Å². The van der Waals surface area contributed by atoms with Gasteiger partial charge in [0.15, 0.2) is 0 Å². The van der Waals surface area contributed by atoms with Crippen molar-refractivity contribution >= 4 is 38.6 Å². The number of aromatic nitrogens is 4. The predicted octanol–water partition coefficient (Wildman–Crippen LogP) is 4.98. The van der Waals surface area contributed by atoms with Gasteiger partial charge >= 0.3 is 0 Å². The Morgan fingerprint density at radius 3 is 3.06 bits per heavy atom. The third kappa shape index (κ3) is 2.77. The molecule has 3 aromatic heterocycles. The summed E-state index contributed by atoms with van der Waals surface area (Å²) in [7, 11) is 0. The lowest BCUT2D eigenvalue weighted by molar-refractivity contribution is -0.384. The number of anilines is 1. The number of nitro groups is 1. The Bertz CT molecular complexity index is 1400. The third-order valence-electron chi connectivity index (χ3n) is 5.99. The molecule has 2 aliphatic carbocycles. The number of hydrogen-bond acceptors (Lipinski definition) is 7. The average molecular weight is 430 g/mol. The van der Waals surface area contributed by atoms with E-state index in [0.717, 1.165) is 33.8 Å². The van der Waals surface area contributed by atoms with Crippen LogP contribution in [-0.4, -0.2) is 24.4 Å². The molecule has 8 nitrogen and oxygen atoms in total. The molecule has 1 aromatic carbocycles. The van der Waals surface area contributed by atoms with E-state index in [1.807, 2.05) is 23.8 Å². The fourth-order valence-electron chi connectivity index (χ4n) is 4.50. The van der Waals surface area contributed by atoms with E-state index in [2.05, 4.69) is 16.4 Å². The Balaban J connectivity index is 1.45. The lowest BCUT2D eigenvalue weighted by atomic mass is 9.80. The fraction of sp³-hybridized carbons (Fsp3) is 0.227. The van der Waals surface area contributed by atoms with Gasteiger partial charge < -0.3 is 5.32 Å². The Morgan fingerprint density at radius 2 is 2.26 bits per heavy atom. The summed E-state index contributed by atoms with van der Waals surface area (Å²) in [5, 5.41) is 15.6. The third-order valence-corrected chi connectivity index (χ3v) is 7.19. The molecule has 0 fully saturated rings. The molecule has 1 unspecified atom stereocenters. The van der Waals surface area contributed by atoms with Gasteiger partial charge in [0.05, 0.1) is 10.3 Å². The van der Waals surface area contributed by atoms with E-state index in [1.165, 1.54) is 28.5 Å². The van der Waals surface area contributed by atoms with Gasteiger partial charge in [-0.25, -0.2) is 9.97 Å². The quantitative estimate of drug-likeness (QED) is 0.354. The molecule has 0 amide bonds. The molecule has 0 saturated heterocycles. The van der Waals surface area contributed by atoms with Crippen LogP contribution in [0, 0.1) is 17.0 Å². The van der Waals surface area contributed by atoms with Gasteiger partial charge in [-0.1, -0.05) is 18.2 Å². The largest absolute Gasteiger partial charge is 0.365 e. The maximum Gasteiger partial charge on any atom is 0.269 e. The molecule has 4 aromatic rings. The summed E-state index contributed by atoms with van der Waals surface area (Å²) in [5.74, 6) is 2.68. The van der Waals surface area contributed by atoms with Crippen LogP contribution in [0.4, 0.5) is 11.5 Å². The molecule has 2 aliphatic rings. The van der Waals surface area contributed by atoms with E-state index < -0.39 is 0 Å². The smallest absolute Gasteiger partial charge is 0.269 e. The number of aryl methyl sites for hydroxylation is 1. The summed E-state index contributed by atoms with van der Waals surface area (Å²) in [5.41, 5.74) is 3.60. The lowest BCUT2D eigenvalue weighted by Gasteiger charge is -2.26. The van der Waals surface area contributed by atoms with E-state index in [4.69, 9.17) is 9.97 Å². The molecule has 3 heterocycles. The maximum atomic E-state index is 11.1. The summed E-state index contributed by atoms with van der Waals surface area (Å²) in [6.45, 7) is 2.35. The zero-order chi connectivity index (χ0) is 21.1. The number of thiophene rings is 1. The summed E-state index contributed by atoms with van der Waals surface area (Å²) in [4.78, 5) is 27.1. The van der Waals surface area contributed by atoms with Gasteiger partial charge in [-0.05, 0) is 30.9 Å². The first-order valence-corrected chi connectivity index (χ1v) is 10.9. The van der Waals surface area contributed by atoms with Crippen molar-refractivity contribution < 1.29 is 4.92 Å². The predicted molar refractivity (Wildman–Crippen MR) is 120 cm³/mol. The molecule has 31 heavy (non-hydrogen) atoms. The minimum atomic E-state index is -0.374. The Labute approximate surface area is 181 Å². The van der Waals surface area contributed by atoms with E-state index in [9.17, 15) is 10.1 Å². The second-order valence-electron chi connectivity index (χ2n) is 7.81. The Kier molecular flexibility index (Phi) is 3.94. The number of fused-ring (bicyclic) bond motifs is 6. The van der Waals surface area contributed by atoms with Crippen LogP contribution in [0.2, 0.25) is 0 Å². The van der Waals surface area contributed by atoms with E-state index in [1.54, 1.807) is 29.7 Å². The molecule has 6 rings (SSSR count).